The molecule has 1 aromatic rings. The van der Waals surface area contributed by atoms with E-state index in [4.69, 9.17) is 4.55 Å². The van der Waals surface area contributed by atoms with Crippen LogP contribution in [-0.4, -0.2) is 66.5 Å². The molecule has 1 atom stereocenters. The first-order valence-electron chi connectivity index (χ1n) is 7.92. The van der Waals surface area contributed by atoms with E-state index < -0.39 is 15.9 Å². The summed E-state index contributed by atoms with van der Waals surface area (Å²) >= 11 is 1.26. The average Bonchev–Trinajstić information content (AvgIpc) is 3.16. The molecule has 0 unspecified atom stereocenters. The third kappa shape index (κ3) is 6.61. The van der Waals surface area contributed by atoms with Crippen LogP contribution in [0.5, 0.6) is 5.75 Å². The minimum absolute atomic E-state index is 0.0628. The van der Waals surface area contributed by atoms with Gasteiger partial charge in [-0.15, -0.1) is 0 Å². The number of hydrogen-bond donors (Lipinski definition) is 3. The number of phenols is 1. The van der Waals surface area contributed by atoms with Gasteiger partial charge in [0.1, 0.15) is 11.6 Å². The van der Waals surface area contributed by atoms with Crippen molar-refractivity contribution < 1.29 is 27.3 Å². The largest absolute Gasteiger partial charge is 0.507 e. The van der Waals surface area contributed by atoms with Crippen molar-refractivity contribution in [3.63, 3.8) is 0 Å². The van der Waals surface area contributed by atoms with Gasteiger partial charge in [-0.25, -0.2) is 4.39 Å². The predicted molar refractivity (Wildman–Crippen MR) is 103 cm³/mol. The maximum Gasteiger partial charge on any atom is 0.286 e. The number of amides is 1. The molecular weight excluding hydrogens is 397 g/mol. The number of aliphatic imine (C=N–C) groups is 1. The zero-order chi connectivity index (χ0) is 20.2. The molecule has 1 fully saturated rings. The second-order valence-corrected chi connectivity index (χ2v) is 8.44. The Morgan fingerprint density at radius 3 is 2.70 bits per heavy atom. The van der Waals surface area contributed by atoms with Gasteiger partial charge >= 0.3 is 0 Å². The van der Waals surface area contributed by atoms with Crippen molar-refractivity contribution in [3.05, 3.63) is 34.5 Å². The maximum absolute atomic E-state index is 13.2. The minimum Gasteiger partial charge on any atom is -0.507 e. The van der Waals surface area contributed by atoms with Crippen molar-refractivity contribution >= 4 is 39.0 Å². The van der Waals surface area contributed by atoms with Crippen molar-refractivity contribution in [2.45, 2.75) is 12.5 Å². The van der Waals surface area contributed by atoms with Crippen LogP contribution in [0.1, 0.15) is 12.0 Å². The number of carbonyl (C=O) groups is 1. The summed E-state index contributed by atoms with van der Waals surface area (Å²) in [5.41, 5.74) is 0.279. The van der Waals surface area contributed by atoms with Gasteiger partial charge in [0.05, 0.1) is 11.2 Å². The summed E-state index contributed by atoms with van der Waals surface area (Å²) in [5.74, 6) is -0.874. The van der Waals surface area contributed by atoms with Crippen LogP contribution in [0.15, 0.2) is 28.1 Å². The van der Waals surface area contributed by atoms with Crippen LogP contribution < -0.4 is 5.32 Å². The summed E-state index contributed by atoms with van der Waals surface area (Å²) in [7, 11) is -1.75. The Morgan fingerprint density at radius 2 is 2.11 bits per heavy atom. The third-order valence-corrected chi connectivity index (χ3v) is 4.80. The Hall–Kier alpha value is -1.95. The average molecular weight is 417 g/mol. The van der Waals surface area contributed by atoms with Gasteiger partial charge in [-0.3, -0.25) is 9.35 Å². The van der Waals surface area contributed by atoms with Crippen LogP contribution in [0.25, 0.3) is 6.08 Å². The molecule has 2 aliphatic heterocycles. The number of rotatable bonds is 2. The van der Waals surface area contributed by atoms with E-state index >= 15 is 0 Å². The summed E-state index contributed by atoms with van der Waals surface area (Å²) in [6.07, 6.45) is 3.20. The zero-order valence-electron chi connectivity index (χ0n) is 14.7. The fraction of sp³-hybridized carbons (Fsp3) is 0.375. The van der Waals surface area contributed by atoms with E-state index in [1.807, 2.05) is 7.05 Å². The third-order valence-electron chi connectivity index (χ3n) is 3.75. The van der Waals surface area contributed by atoms with Crippen molar-refractivity contribution in [1.82, 2.24) is 10.2 Å². The molecule has 1 amide bonds. The summed E-state index contributed by atoms with van der Waals surface area (Å²) in [4.78, 5) is 18.5. The second kappa shape index (κ2) is 8.83. The Labute approximate surface area is 160 Å². The number of likely N-dealkylation sites (N-methyl/N-ethyl adjacent to an activating group) is 1. The normalized spacial score (nSPS) is 21.3. The Balaban J connectivity index is 0.000000465. The fourth-order valence-electron chi connectivity index (χ4n) is 2.49. The van der Waals surface area contributed by atoms with Crippen LogP contribution in [0.2, 0.25) is 0 Å². The van der Waals surface area contributed by atoms with Crippen molar-refractivity contribution in [2.75, 3.05) is 26.4 Å². The predicted octanol–water partition coefficient (Wildman–Crippen LogP) is 1.30. The molecule has 11 heteroatoms. The van der Waals surface area contributed by atoms with E-state index in [-0.39, 0.29) is 17.2 Å². The molecule has 0 radical (unpaired) electrons. The van der Waals surface area contributed by atoms with E-state index in [9.17, 15) is 22.7 Å². The van der Waals surface area contributed by atoms with Crippen LogP contribution in [0.4, 0.5) is 4.39 Å². The number of amidine groups is 1. The highest BCUT2D eigenvalue weighted by molar-refractivity contribution is 8.18. The summed E-state index contributed by atoms with van der Waals surface area (Å²) in [6.45, 7) is 1.66. The Bertz CT molecular complexity index is 878. The van der Waals surface area contributed by atoms with Gasteiger partial charge in [0.2, 0.25) is 0 Å². The first-order valence-corrected chi connectivity index (χ1v) is 10.6. The molecule has 1 aromatic carbocycles. The zero-order valence-corrected chi connectivity index (χ0v) is 16.3. The number of thioether (sulfide) groups is 1. The van der Waals surface area contributed by atoms with Crippen molar-refractivity contribution in [1.29, 1.82) is 0 Å². The SMILES string of the molecule is CN[C@H]1CCN(C2=NC(=O)/C(=C/c3cc(F)ccc3O)S2)C1.CS(=O)(=O)O. The van der Waals surface area contributed by atoms with Gasteiger partial charge in [0.25, 0.3) is 16.0 Å². The number of benzene rings is 1. The van der Waals surface area contributed by atoms with Crippen molar-refractivity contribution in [3.8, 4) is 5.75 Å². The van der Waals surface area contributed by atoms with Crippen molar-refractivity contribution in [2.24, 2.45) is 4.99 Å². The monoisotopic (exact) mass is 417 g/mol. The first kappa shape index (κ1) is 21.4. The molecule has 27 heavy (non-hydrogen) atoms. The maximum atomic E-state index is 13.2. The lowest BCUT2D eigenvalue weighted by atomic mass is 10.2. The van der Waals surface area contributed by atoms with Crippen LogP contribution in [0, 0.1) is 5.82 Å². The van der Waals surface area contributed by atoms with E-state index in [2.05, 4.69) is 15.2 Å². The molecule has 3 N–H and O–H groups in total. The number of halogens is 1. The summed E-state index contributed by atoms with van der Waals surface area (Å²) in [6, 6.07) is 4.04. The van der Waals surface area contributed by atoms with Gasteiger partial charge in [0, 0.05) is 24.7 Å². The fourth-order valence-corrected chi connectivity index (χ4v) is 3.42. The molecule has 0 bridgehead atoms. The van der Waals surface area contributed by atoms with Crippen LogP contribution in [-0.2, 0) is 14.9 Å². The quantitative estimate of drug-likeness (QED) is 0.487. The molecule has 2 heterocycles. The van der Waals surface area contributed by atoms with Gasteiger partial charge in [-0.1, -0.05) is 0 Å². The molecule has 0 saturated carbocycles. The molecule has 2 aliphatic rings. The number of aromatic hydroxyl groups is 1. The summed E-state index contributed by atoms with van der Waals surface area (Å²) in [5, 5.41) is 13.6. The number of nitrogens with one attached hydrogen (secondary N) is 1. The molecule has 1 saturated heterocycles. The molecule has 148 valence electrons. The van der Waals surface area contributed by atoms with Gasteiger partial charge in [-0.2, -0.15) is 13.4 Å². The van der Waals surface area contributed by atoms with Gasteiger partial charge in [-0.05, 0) is 49.5 Å². The number of hydrogen-bond acceptors (Lipinski definition) is 7. The standard InChI is InChI=1S/C15H16FN3O2S.CH4O3S/c1-17-11-4-5-19(8-11)15-18-14(21)13(22-15)7-9-6-10(16)2-3-12(9)20;1-5(2,3)4/h2-3,6-7,11,17,20H,4-5,8H2,1H3;1H3,(H,2,3,4)/b13-7-;/t11-;/m0./s1. The van der Waals surface area contributed by atoms with Gasteiger partial charge < -0.3 is 15.3 Å². The lowest BCUT2D eigenvalue weighted by molar-refractivity contribution is -0.113. The Morgan fingerprint density at radius 1 is 1.44 bits per heavy atom. The highest BCUT2D eigenvalue weighted by atomic mass is 32.2. The summed E-state index contributed by atoms with van der Waals surface area (Å²) < 4.78 is 39.1. The number of carbonyl (C=O) groups excluding carboxylic acids is 1. The molecule has 0 aromatic heterocycles. The van der Waals surface area contributed by atoms with Crippen LogP contribution in [0.3, 0.4) is 0 Å². The highest BCUT2D eigenvalue weighted by Gasteiger charge is 2.30. The van der Waals surface area contributed by atoms with Crippen LogP contribution >= 0.6 is 11.8 Å². The number of nitrogens with zero attached hydrogens (tertiary/aromatic N) is 2. The highest BCUT2D eigenvalue weighted by Crippen LogP contribution is 2.33. The van der Waals surface area contributed by atoms with Gasteiger partial charge in [0.15, 0.2) is 5.17 Å². The molecule has 0 aliphatic carbocycles. The van der Waals surface area contributed by atoms with E-state index in [0.717, 1.165) is 19.5 Å². The van der Waals surface area contributed by atoms with E-state index in [1.165, 1.54) is 36.0 Å². The number of phenolic OH excluding ortho intramolecular Hbond substituents is 1. The molecule has 3 rings (SSSR count). The molecular formula is C16H20FN3O5S2. The smallest absolute Gasteiger partial charge is 0.286 e. The topological polar surface area (TPSA) is 119 Å². The second-order valence-electron chi connectivity index (χ2n) is 5.97. The van der Waals surface area contributed by atoms with E-state index in [0.29, 0.717) is 22.4 Å². The lowest BCUT2D eigenvalue weighted by Gasteiger charge is -2.16. The first-order chi connectivity index (χ1) is 12.6. The lowest BCUT2D eigenvalue weighted by Crippen LogP contribution is -2.31. The minimum atomic E-state index is -3.67. The Kier molecular flexibility index (Phi) is 6.98. The number of likely N-dealkylation sites (tertiary alicyclic amines) is 1. The molecule has 0 spiro atoms. The van der Waals surface area contributed by atoms with E-state index in [1.54, 1.807) is 0 Å². The molecule has 8 nitrogen and oxygen atoms in total.